The highest BCUT2D eigenvalue weighted by Gasteiger charge is 2.30. The second-order valence-electron chi connectivity index (χ2n) is 7.74. The van der Waals surface area contributed by atoms with Gasteiger partial charge < -0.3 is 14.9 Å². The molecule has 30 heavy (non-hydrogen) atoms. The van der Waals surface area contributed by atoms with Crippen molar-refractivity contribution in [3.63, 3.8) is 0 Å². The molecule has 0 aliphatic carbocycles. The molecule has 2 heterocycles. The molecule has 4 atom stereocenters. The fourth-order valence-corrected chi connectivity index (χ4v) is 4.88. The number of aryl methyl sites for hydroxylation is 1. The Kier molecular flexibility index (Phi) is 6.29. The molecule has 1 aliphatic heterocycles. The summed E-state index contributed by atoms with van der Waals surface area (Å²) in [6, 6.07) is 15.3. The molecule has 1 saturated heterocycles. The van der Waals surface area contributed by atoms with Crippen molar-refractivity contribution in [2.24, 2.45) is 0 Å². The van der Waals surface area contributed by atoms with Crippen LogP contribution >= 0.6 is 11.3 Å². The molecule has 4 unspecified atom stereocenters. The first-order valence-electron chi connectivity index (χ1n) is 9.99. The number of ether oxygens (including phenoxy) is 1. The Balaban J connectivity index is 1.59. The van der Waals surface area contributed by atoms with E-state index in [0.717, 1.165) is 21.6 Å². The monoisotopic (exact) mass is 430 g/mol. The molecular formula is C24H24F2O3S. The van der Waals surface area contributed by atoms with Gasteiger partial charge in [0.1, 0.15) is 5.82 Å². The second kappa shape index (κ2) is 8.94. The Hall–Kier alpha value is -2.12. The maximum Gasteiger partial charge on any atom is 0.160 e. The van der Waals surface area contributed by atoms with Crippen LogP contribution in [0.5, 0.6) is 0 Å². The topological polar surface area (TPSA) is 49.7 Å². The molecule has 0 bridgehead atoms. The van der Waals surface area contributed by atoms with E-state index >= 15 is 4.39 Å². The molecule has 4 rings (SSSR count). The second-order valence-corrected chi connectivity index (χ2v) is 8.86. The number of hydrogen-bond acceptors (Lipinski definition) is 4. The molecule has 6 heteroatoms. The smallest absolute Gasteiger partial charge is 0.160 e. The maximum atomic E-state index is 15.5. The van der Waals surface area contributed by atoms with Gasteiger partial charge >= 0.3 is 0 Å². The summed E-state index contributed by atoms with van der Waals surface area (Å²) in [6.45, 7) is 1.71. The van der Waals surface area contributed by atoms with E-state index in [1.54, 1.807) is 24.3 Å². The van der Waals surface area contributed by atoms with Gasteiger partial charge in [0.15, 0.2) is 6.17 Å². The largest absolute Gasteiger partial charge is 0.394 e. The Labute approximate surface area is 178 Å². The number of aliphatic hydroxyl groups is 2. The van der Waals surface area contributed by atoms with Crippen molar-refractivity contribution in [2.75, 3.05) is 6.61 Å². The van der Waals surface area contributed by atoms with Crippen molar-refractivity contribution >= 4 is 11.3 Å². The van der Waals surface area contributed by atoms with Crippen LogP contribution in [0, 0.1) is 12.7 Å². The highest BCUT2D eigenvalue weighted by Crippen LogP contribution is 2.39. The average molecular weight is 431 g/mol. The standard InChI is InChI=1S/C24H24F2O3S/c1-14-2-3-16(21-12-18(28)11-19(13-27)29-21)10-20(14)24(26)23-9-8-22(30-23)15-4-6-17(25)7-5-15/h2-10,18-19,21,24,27-28H,11-13H2,1H3. The van der Waals surface area contributed by atoms with Crippen LogP contribution < -0.4 is 0 Å². The van der Waals surface area contributed by atoms with Crippen LogP contribution in [0.1, 0.15) is 46.7 Å². The third-order valence-electron chi connectivity index (χ3n) is 5.53. The van der Waals surface area contributed by atoms with Crippen LogP contribution in [0.25, 0.3) is 10.4 Å². The number of alkyl halides is 1. The van der Waals surface area contributed by atoms with E-state index in [-0.39, 0.29) is 18.5 Å². The Morgan fingerprint density at radius 1 is 1.10 bits per heavy atom. The van der Waals surface area contributed by atoms with Crippen LogP contribution in [-0.2, 0) is 4.74 Å². The van der Waals surface area contributed by atoms with E-state index in [2.05, 4.69) is 0 Å². The van der Waals surface area contributed by atoms with Crippen LogP contribution in [0.15, 0.2) is 54.6 Å². The van der Waals surface area contributed by atoms with Gasteiger partial charge in [0, 0.05) is 22.6 Å². The minimum Gasteiger partial charge on any atom is -0.394 e. The number of thiophene rings is 1. The molecule has 0 amide bonds. The molecule has 1 aromatic heterocycles. The van der Waals surface area contributed by atoms with Gasteiger partial charge in [-0.05, 0) is 59.5 Å². The molecule has 158 valence electrons. The van der Waals surface area contributed by atoms with Crippen LogP contribution in [0.2, 0.25) is 0 Å². The third-order valence-corrected chi connectivity index (χ3v) is 6.71. The minimum absolute atomic E-state index is 0.153. The lowest BCUT2D eigenvalue weighted by Crippen LogP contribution is -2.33. The molecule has 2 aromatic carbocycles. The summed E-state index contributed by atoms with van der Waals surface area (Å²) in [4.78, 5) is 1.46. The van der Waals surface area contributed by atoms with Crippen molar-refractivity contribution in [3.05, 3.63) is 82.0 Å². The normalized spacial score (nSPS) is 22.8. The van der Waals surface area contributed by atoms with Crippen molar-refractivity contribution in [3.8, 4) is 10.4 Å². The molecule has 3 aromatic rings. The highest BCUT2D eigenvalue weighted by molar-refractivity contribution is 7.15. The van der Waals surface area contributed by atoms with Crippen LogP contribution in [0.4, 0.5) is 8.78 Å². The molecule has 0 radical (unpaired) electrons. The fourth-order valence-electron chi connectivity index (χ4n) is 3.87. The zero-order valence-corrected chi connectivity index (χ0v) is 17.4. The van der Waals surface area contributed by atoms with Gasteiger partial charge in [0.25, 0.3) is 0 Å². The Bertz CT molecular complexity index is 1000. The Morgan fingerprint density at radius 3 is 2.60 bits per heavy atom. The summed E-state index contributed by atoms with van der Waals surface area (Å²) in [7, 11) is 0. The van der Waals surface area contributed by atoms with Crippen molar-refractivity contribution in [1.29, 1.82) is 0 Å². The van der Waals surface area contributed by atoms with Crippen molar-refractivity contribution < 1.29 is 23.7 Å². The third kappa shape index (κ3) is 4.47. The zero-order valence-electron chi connectivity index (χ0n) is 16.6. The summed E-state index contributed by atoms with van der Waals surface area (Å²) in [5.74, 6) is -0.301. The lowest BCUT2D eigenvalue weighted by Gasteiger charge is -2.33. The first kappa shape index (κ1) is 21.1. The number of aliphatic hydroxyl groups excluding tert-OH is 2. The quantitative estimate of drug-likeness (QED) is 0.562. The van der Waals surface area contributed by atoms with E-state index < -0.39 is 18.4 Å². The minimum atomic E-state index is -1.30. The SMILES string of the molecule is Cc1ccc(C2CC(O)CC(CO)O2)cc1C(F)c1ccc(-c2ccc(F)cc2)s1. The van der Waals surface area contributed by atoms with Gasteiger partial charge in [0.2, 0.25) is 0 Å². The lowest BCUT2D eigenvalue weighted by atomic mass is 9.92. The van der Waals surface area contributed by atoms with Crippen LogP contribution in [0.3, 0.4) is 0 Å². The Morgan fingerprint density at radius 2 is 1.87 bits per heavy atom. The van der Waals surface area contributed by atoms with E-state index in [0.29, 0.717) is 23.3 Å². The van der Waals surface area contributed by atoms with Gasteiger partial charge in [-0.15, -0.1) is 11.3 Å². The first-order chi connectivity index (χ1) is 14.4. The van der Waals surface area contributed by atoms with Gasteiger partial charge in [-0.25, -0.2) is 8.78 Å². The number of hydrogen-bond donors (Lipinski definition) is 2. The summed E-state index contributed by atoms with van der Waals surface area (Å²) in [6.07, 6.45) is -1.83. The van der Waals surface area contributed by atoms with Crippen LogP contribution in [-0.4, -0.2) is 29.0 Å². The highest BCUT2D eigenvalue weighted by atomic mass is 32.1. The van der Waals surface area contributed by atoms with Gasteiger partial charge in [0.05, 0.1) is 24.9 Å². The molecule has 3 nitrogen and oxygen atoms in total. The molecule has 1 aliphatic rings. The molecule has 2 N–H and O–H groups in total. The van der Waals surface area contributed by atoms with Gasteiger partial charge in [-0.2, -0.15) is 0 Å². The van der Waals surface area contributed by atoms with E-state index in [4.69, 9.17) is 4.74 Å². The first-order valence-corrected chi connectivity index (χ1v) is 10.8. The summed E-state index contributed by atoms with van der Waals surface area (Å²) < 4.78 is 34.6. The summed E-state index contributed by atoms with van der Waals surface area (Å²) in [5.41, 5.74) is 3.04. The van der Waals surface area contributed by atoms with E-state index in [1.807, 2.05) is 25.1 Å². The number of halogens is 2. The maximum absolute atomic E-state index is 15.5. The predicted molar refractivity (Wildman–Crippen MR) is 114 cm³/mol. The lowest BCUT2D eigenvalue weighted by molar-refractivity contribution is -0.113. The summed E-state index contributed by atoms with van der Waals surface area (Å²) in [5, 5.41) is 19.5. The molecular weight excluding hydrogens is 406 g/mol. The number of rotatable bonds is 5. The predicted octanol–water partition coefficient (Wildman–Crippen LogP) is 5.49. The van der Waals surface area contributed by atoms with E-state index in [1.165, 1.54) is 23.5 Å². The van der Waals surface area contributed by atoms with Gasteiger partial charge in [-0.1, -0.05) is 24.3 Å². The van der Waals surface area contributed by atoms with Crippen molar-refractivity contribution in [2.45, 2.75) is 44.2 Å². The average Bonchev–Trinajstić information content (AvgIpc) is 3.24. The van der Waals surface area contributed by atoms with E-state index in [9.17, 15) is 14.6 Å². The number of benzene rings is 2. The molecule has 0 spiro atoms. The molecule has 0 saturated carbocycles. The van der Waals surface area contributed by atoms with Crippen molar-refractivity contribution in [1.82, 2.24) is 0 Å². The fraction of sp³-hybridized carbons (Fsp3) is 0.333. The summed E-state index contributed by atoms with van der Waals surface area (Å²) >= 11 is 1.35. The van der Waals surface area contributed by atoms with Gasteiger partial charge in [-0.3, -0.25) is 0 Å². The molecule has 1 fully saturated rings. The zero-order chi connectivity index (χ0) is 21.3.